The number of nitrogens with one attached hydrogen (secondary N) is 2. The van der Waals surface area contributed by atoms with Gasteiger partial charge in [0, 0.05) is 49.7 Å². The molecule has 2 aromatic rings. The molecule has 186 valence electrons. The number of ether oxygens (including phenoxy) is 2. The van der Waals surface area contributed by atoms with Crippen LogP contribution in [0, 0.1) is 5.92 Å². The molecule has 2 N–H and O–H groups in total. The third-order valence-corrected chi connectivity index (χ3v) is 6.69. The SMILES string of the molecule is CC(NC1CCC(COc2ccnc(Nc3ccc(N4CCOCC4)cc3)n2)CC1)C(C)(F)F. The number of anilines is 3. The lowest BCUT2D eigenvalue weighted by atomic mass is 9.86. The highest BCUT2D eigenvalue weighted by Crippen LogP contribution is 2.27. The normalized spacial score (nSPS) is 22.3. The fraction of sp³-hybridized carbons (Fsp3) is 0.600. The van der Waals surface area contributed by atoms with Crippen molar-refractivity contribution < 1.29 is 18.3 Å². The maximum atomic E-state index is 13.4. The molecule has 0 spiro atoms. The first-order chi connectivity index (χ1) is 16.4. The van der Waals surface area contributed by atoms with Crippen molar-refractivity contribution in [2.75, 3.05) is 43.1 Å². The van der Waals surface area contributed by atoms with Crippen LogP contribution in [0.2, 0.25) is 0 Å². The highest BCUT2D eigenvalue weighted by molar-refractivity contribution is 5.59. The molecule has 9 heteroatoms. The van der Waals surface area contributed by atoms with Crippen LogP contribution < -0.4 is 20.3 Å². The van der Waals surface area contributed by atoms with Crippen molar-refractivity contribution in [3.05, 3.63) is 36.5 Å². The van der Waals surface area contributed by atoms with Gasteiger partial charge in [-0.2, -0.15) is 4.98 Å². The van der Waals surface area contributed by atoms with E-state index in [9.17, 15) is 8.78 Å². The molecular formula is C25H35F2N5O2. The van der Waals surface area contributed by atoms with E-state index < -0.39 is 12.0 Å². The van der Waals surface area contributed by atoms with Crippen molar-refractivity contribution in [1.82, 2.24) is 15.3 Å². The van der Waals surface area contributed by atoms with E-state index in [1.807, 2.05) is 12.1 Å². The van der Waals surface area contributed by atoms with Crippen LogP contribution in [0.3, 0.4) is 0 Å². The Bertz CT molecular complexity index is 895. The minimum Gasteiger partial charge on any atom is -0.477 e. The van der Waals surface area contributed by atoms with Gasteiger partial charge in [0.05, 0.1) is 25.9 Å². The van der Waals surface area contributed by atoms with Crippen molar-refractivity contribution in [3.8, 4) is 5.88 Å². The van der Waals surface area contributed by atoms with E-state index >= 15 is 0 Å². The molecule has 34 heavy (non-hydrogen) atoms. The summed E-state index contributed by atoms with van der Waals surface area (Å²) in [5.74, 6) is -1.29. The molecule has 1 saturated carbocycles. The summed E-state index contributed by atoms with van der Waals surface area (Å²) in [5.41, 5.74) is 2.08. The quantitative estimate of drug-likeness (QED) is 0.548. The van der Waals surface area contributed by atoms with Crippen LogP contribution >= 0.6 is 0 Å². The number of rotatable bonds is 9. The van der Waals surface area contributed by atoms with Crippen LogP contribution in [-0.4, -0.2) is 60.9 Å². The molecule has 1 unspecified atom stereocenters. The zero-order chi connectivity index (χ0) is 24.0. The maximum Gasteiger partial charge on any atom is 0.260 e. The zero-order valence-corrected chi connectivity index (χ0v) is 20.0. The van der Waals surface area contributed by atoms with Crippen LogP contribution in [0.15, 0.2) is 36.5 Å². The topological polar surface area (TPSA) is 71.5 Å². The van der Waals surface area contributed by atoms with Crippen LogP contribution in [-0.2, 0) is 4.74 Å². The monoisotopic (exact) mass is 475 g/mol. The summed E-state index contributed by atoms with van der Waals surface area (Å²) in [6, 6.07) is 9.29. The van der Waals surface area contributed by atoms with Crippen LogP contribution in [0.4, 0.5) is 26.1 Å². The third-order valence-electron chi connectivity index (χ3n) is 6.69. The molecule has 2 aliphatic rings. The Labute approximate surface area is 200 Å². The summed E-state index contributed by atoms with van der Waals surface area (Å²) in [4.78, 5) is 11.1. The van der Waals surface area contributed by atoms with Crippen molar-refractivity contribution >= 4 is 17.3 Å². The predicted molar refractivity (Wildman–Crippen MR) is 129 cm³/mol. The van der Waals surface area contributed by atoms with Crippen molar-refractivity contribution in [3.63, 3.8) is 0 Å². The smallest absolute Gasteiger partial charge is 0.260 e. The third kappa shape index (κ3) is 6.99. The van der Waals surface area contributed by atoms with Gasteiger partial charge in [-0.25, -0.2) is 13.8 Å². The Morgan fingerprint density at radius 3 is 2.50 bits per heavy atom. The Hall–Kier alpha value is -2.52. The fourth-order valence-electron chi connectivity index (χ4n) is 4.39. The van der Waals surface area contributed by atoms with Gasteiger partial charge in [0.15, 0.2) is 0 Å². The number of halogens is 2. The predicted octanol–water partition coefficient (Wildman–Crippen LogP) is 4.63. The molecular weight excluding hydrogens is 440 g/mol. The standard InChI is InChI=1S/C25H35F2N5O2/c1-18(25(2,26)27)29-20-5-3-19(4-6-20)17-34-23-11-12-28-24(31-23)30-21-7-9-22(10-8-21)32-13-15-33-16-14-32/h7-12,18-20,29H,3-6,13-17H2,1-2H3,(H,28,30,31). The molecule has 1 saturated heterocycles. The van der Waals surface area contributed by atoms with E-state index in [1.165, 1.54) is 5.69 Å². The molecule has 2 fully saturated rings. The average molecular weight is 476 g/mol. The summed E-state index contributed by atoms with van der Waals surface area (Å²) in [5, 5.41) is 6.31. The molecule has 1 atom stereocenters. The number of alkyl halides is 2. The summed E-state index contributed by atoms with van der Waals surface area (Å²) in [6.45, 7) is 6.41. The van der Waals surface area contributed by atoms with Gasteiger partial charge < -0.3 is 25.0 Å². The highest BCUT2D eigenvalue weighted by Gasteiger charge is 2.32. The van der Waals surface area contributed by atoms with Gasteiger partial charge in [0.2, 0.25) is 11.8 Å². The van der Waals surface area contributed by atoms with Gasteiger partial charge >= 0.3 is 0 Å². The largest absolute Gasteiger partial charge is 0.477 e. The minimum atomic E-state index is -2.70. The van der Waals surface area contributed by atoms with E-state index in [2.05, 4.69) is 37.6 Å². The molecule has 1 aromatic heterocycles. The number of nitrogens with zero attached hydrogens (tertiary/aromatic N) is 3. The Kier molecular flexibility index (Phi) is 8.15. The Morgan fingerprint density at radius 2 is 1.82 bits per heavy atom. The molecule has 1 aliphatic heterocycles. The fourth-order valence-corrected chi connectivity index (χ4v) is 4.39. The lowest BCUT2D eigenvalue weighted by molar-refractivity contribution is -0.0180. The first kappa shape index (κ1) is 24.6. The molecule has 0 amide bonds. The molecule has 7 nitrogen and oxygen atoms in total. The average Bonchev–Trinajstić information content (AvgIpc) is 2.84. The second-order valence-electron chi connectivity index (χ2n) is 9.36. The molecule has 2 heterocycles. The van der Waals surface area contributed by atoms with Crippen LogP contribution in [0.5, 0.6) is 5.88 Å². The van der Waals surface area contributed by atoms with Gasteiger partial charge in [-0.05, 0) is 62.8 Å². The molecule has 1 aliphatic carbocycles. The number of benzene rings is 1. The summed E-state index contributed by atoms with van der Waals surface area (Å²) < 4.78 is 38.2. The van der Waals surface area contributed by atoms with Gasteiger partial charge in [0.1, 0.15) is 0 Å². The Morgan fingerprint density at radius 1 is 1.12 bits per heavy atom. The van der Waals surface area contributed by atoms with E-state index in [4.69, 9.17) is 9.47 Å². The lowest BCUT2D eigenvalue weighted by Crippen LogP contribution is -2.47. The number of morpholine rings is 1. The summed E-state index contributed by atoms with van der Waals surface area (Å²) in [7, 11) is 0. The van der Waals surface area contributed by atoms with E-state index in [0.717, 1.165) is 64.6 Å². The van der Waals surface area contributed by atoms with E-state index in [1.54, 1.807) is 19.2 Å². The minimum absolute atomic E-state index is 0.140. The van der Waals surface area contributed by atoms with Crippen molar-refractivity contribution in [1.29, 1.82) is 0 Å². The van der Waals surface area contributed by atoms with Gasteiger partial charge in [-0.15, -0.1) is 0 Å². The second kappa shape index (κ2) is 11.3. The highest BCUT2D eigenvalue weighted by atomic mass is 19.3. The van der Waals surface area contributed by atoms with E-state index in [-0.39, 0.29) is 6.04 Å². The van der Waals surface area contributed by atoms with Gasteiger partial charge in [-0.1, -0.05) is 0 Å². The van der Waals surface area contributed by atoms with Gasteiger partial charge in [-0.3, -0.25) is 0 Å². The summed E-state index contributed by atoms with van der Waals surface area (Å²) >= 11 is 0. The first-order valence-corrected chi connectivity index (χ1v) is 12.2. The molecule has 0 radical (unpaired) electrons. The number of aromatic nitrogens is 2. The molecule has 1 aromatic carbocycles. The Balaban J connectivity index is 1.23. The van der Waals surface area contributed by atoms with Crippen molar-refractivity contribution in [2.24, 2.45) is 5.92 Å². The lowest BCUT2D eigenvalue weighted by Gasteiger charge is -2.32. The maximum absolute atomic E-state index is 13.4. The zero-order valence-electron chi connectivity index (χ0n) is 20.0. The van der Waals surface area contributed by atoms with E-state index in [0.29, 0.717) is 24.4 Å². The van der Waals surface area contributed by atoms with Crippen LogP contribution in [0.25, 0.3) is 0 Å². The van der Waals surface area contributed by atoms with Crippen molar-refractivity contribution in [2.45, 2.75) is 57.5 Å². The van der Waals surface area contributed by atoms with Crippen LogP contribution in [0.1, 0.15) is 39.5 Å². The number of hydrogen-bond donors (Lipinski definition) is 2. The second-order valence-corrected chi connectivity index (χ2v) is 9.36. The summed E-state index contributed by atoms with van der Waals surface area (Å²) in [6.07, 6.45) is 5.34. The molecule has 4 rings (SSSR count). The molecule has 0 bridgehead atoms. The first-order valence-electron chi connectivity index (χ1n) is 12.2. The number of hydrogen-bond acceptors (Lipinski definition) is 7. The van der Waals surface area contributed by atoms with Gasteiger partial charge in [0.25, 0.3) is 5.92 Å².